The van der Waals surface area contributed by atoms with Gasteiger partial charge in [-0.2, -0.15) is 0 Å². The van der Waals surface area contributed by atoms with Crippen molar-refractivity contribution in [3.8, 4) is 0 Å². The molecule has 6 nitrogen and oxygen atoms in total. The number of benzene rings is 3. The predicted octanol–water partition coefficient (Wildman–Crippen LogP) is 6.31. The van der Waals surface area contributed by atoms with Crippen LogP contribution in [0.3, 0.4) is 0 Å². The Morgan fingerprint density at radius 1 is 1.03 bits per heavy atom. The van der Waals surface area contributed by atoms with Crippen molar-refractivity contribution in [2.45, 2.75) is 32.8 Å². The lowest BCUT2D eigenvalue weighted by Crippen LogP contribution is -2.32. The van der Waals surface area contributed by atoms with Gasteiger partial charge in [0, 0.05) is 46.7 Å². The molecule has 0 saturated heterocycles. The van der Waals surface area contributed by atoms with E-state index in [0.717, 1.165) is 35.2 Å². The minimum atomic E-state index is -0.207. The van der Waals surface area contributed by atoms with Crippen LogP contribution in [-0.4, -0.2) is 32.3 Å². The zero-order chi connectivity index (χ0) is 24.9. The van der Waals surface area contributed by atoms with E-state index >= 15 is 0 Å². The van der Waals surface area contributed by atoms with E-state index in [-0.39, 0.29) is 24.7 Å². The number of carbonyl (C=O) groups excluding carboxylic acids is 2. The number of carbonyl (C=O) groups is 2. The first-order valence-corrected chi connectivity index (χ1v) is 12.0. The molecule has 0 bridgehead atoms. The SMILES string of the molecule is COCOC1CCCN(C(=O)c2ccc(NC(=O)c3ccccc3C)cc2C)c2ccc(Cl)cc21. The Morgan fingerprint density at radius 3 is 2.57 bits per heavy atom. The van der Waals surface area contributed by atoms with E-state index in [1.807, 2.05) is 50.2 Å². The highest BCUT2D eigenvalue weighted by atomic mass is 35.5. The maximum Gasteiger partial charge on any atom is 0.258 e. The second-order valence-electron chi connectivity index (χ2n) is 8.66. The number of ether oxygens (including phenoxy) is 2. The summed E-state index contributed by atoms with van der Waals surface area (Å²) in [5, 5.41) is 3.53. The van der Waals surface area contributed by atoms with E-state index in [2.05, 4.69) is 5.32 Å². The fraction of sp³-hybridized carbons (Fsp3) is 0.286. The Balaban J connectivity index is 1.59. The quantitative estimate of drug-likeness (QED) is 0.409. The second-order valence-corrected chi connectivity index (χ2v) is 9.10. The topological polar surface area (TPSA) is 67.9 Å². The number of aryl methyl sites for hydroxylation is 2. The molecule has 0 radical (unpaired) electrons. The van der Waals surface area contributed by atoms with Crippen LogP contribution in [0.1, 0.15) is 56.4 Å². The van der Waals surface area contributed by atoms with E-state index < -0.39 is 0 Å². The minimum Gasteiger partial charge on any atom is -0.359 e. The van der Waals surface area contributed by atoms with Gasteiger partial charge in [0.1, 0.15) is 6.79 Å². The van der Waals surface area contributed by atoms with Crippen LogP contribution in [0.5, 0.6) is 0 Å². The van der Waals surface area contributed by atoms with Crippen molar-refractivity contribution in [1.29, 1.82) is 0 Å². The molecular formula is C28H29ClN2O4. The molecule has 1 N–H and O–H groups in total. The molecule has 1 heterocycles. The van der Waals surface area contributed by atoms with Crippen LogP contribution in [0.15, 0.2) is 60.7 Å². The van der Waals surface area contributed by atoms with Crippen LogP contribution in [0.2, 0.25) is 5.02 Å². The molecule has 0 aliphatic carbocycles. The van der Waals surface area contributed by atoms with Crippen molar-refractivity contribution in [2.24, 2.45) is 0 Å². The highest BCUT2D eigenvalue weighted by Crippen LogP contribution is 2.38. The molecule has 4 rings (SSSR count). The Morgan fingerprint density at radius 2 is 1.83 bits per heavy atom. The van der Waals surface area contributed by atoms with Gasteiger partial charge in [0.05, 0.1) is 6.10 Å². The summed E-state index contributed by atoms with van der Waals surface area (Å²) in [6.07, 6.45) is 1.32. The smallest absolute Gasteiger partial charge is 0.258 e. The van der Waals surface area contributed by atoms with E-state index in [0.29, 0.717) is 28.4 Å². The molecule has 182 valence electrons. The van der Waals surface area contributed by atoms with Crippen molar-refractivity contribution < 1.29 is 19.1 Å². The Hall–Kier alpha value is -3.19. The highest BCUT2D eigenvalue weighted by molar-refractivity contribution is 6.30. The third-order valence-electron chi connectivity index (χ3n) is 6.21. The average Bonchev–Trinajstić information content (AvgIpc) is 3.01. The molecule has 35 heavy (non-hydrogen) atoms. The van der Waals surface area contributed by atoms with E-state index in [1.165, 1.54) is 0 Å². The largest absolute Gasteiger partial charge is 0.359 e. The van der Waals surface area contributed by atoms with E-state index in [1.54, 1.807) is 36.3 Å². The summed E-state index contributed by atoms with van der Waals surface area (Å²) in [5.74, 6) is -0.280. The van der Waals surface area contributed by atoms with Crippen molar-refractivity contribution >= 4 is 34.8 Å². The van der Waals surface area contributed by atoms with Crippen LogP contribution in [-0.2, 0) is 9.47 Å². The number of nitrogens with one attached hydrogen (secondary N) is 1. The lowest BCUT2D eigenvalue weighted by atomic mass is 10.0. The molecule has 1 atom stereocenters. The summed E-state index contributed by atoms with van der Waals surface area (Å²) in [6.45, 7) is 4.51. The minimum absolute atomic E-state index is 0.102. The van der Waals surface area contributed by atoms with Crippen LogP contribution in [0.25, 0.3) is 0 Å². The zero-order valence-electron chi connectivity index (χ0n) is 20.1. The summed E-state index contributed by atoms with van der Waals surface area (Å²) in [5.41, 5.74) is 5.19. The van der Waals surface area contributed by atoms with Gasteiger partial charge in [-0.3, -0.25) is 9.59 Å². The van der Waals surface area contributed by atoms with Crippen LogP contribution in [0, 0.1) is 13.8 Å². The molecule has 7 heteroatoms. The molecule has 0 aromatic heterocycles. The van der Waals surface area contributed by atoms with Crippen LogP contribution < -0.4 is 10.2 Å². The number of rotatable bonds is 6. The average molecular weight is 493 g/mol. The lowest BCUT2D eigenvalue weighted by molar-refractivity contribution is -0.0753. The number of halogens is 1. The number of hydrogen-bond acceptors (Lipinski definition) is 4. The molecule has 1 aliphatic rings. The van der Waals surface area contributed by atoms with Gasteiger partial charge >= 0.3 is 0 Å². The first-order valence-electron chi connectivity index (χ1n) is 11.6. The van der Waals surface area contributed by atoms with Gasteiger partial charge in [0.25, 0.3) is 11.8 Å². The molecule has 0 fully saturated rings. The fourth-order valence-electron chi connectivity index (χ4n) is 4.43. The van der Waals surface area contributed by atoms with Gasteiger partial charge < -0.3 is 19.7 Å². The standard InChI is InChI=1S/C28H29ClN2O4/c1-18-7-4-5-8-22(18)27(32)30-21-11-12-23(19(2)15-21)28(33)31-14-6-9-26(35-17-34-3)24-16-20(29)10-13-25(24)31/h4-5,7-8,10-13,15-16,26H,6,9,14,17H2,1-3H3,(H,30,32). The monoisotopic (exact) mass is 492 g/mol. The van der Waals surface area contributed by atoms with Crippen LogP contribution >= 0.6 is 11.6 Å². The molecule has 3 aromatic carbocycles. The summed E-state index contributed by atoms with van der Waals surface area (Å²) >= 11 is 6.29. The van der Waals surface area contributed by atoms with Gasteiger partial charge in [-0.15, -0.1) is 0 Å². The normalized spacial score (nSPS) is 15.3. The Kier molecular flexibility index (Phi) is 7.86. The Bertz CT molecular complexity index is 1240. The third kappa shape index (κ3) is 5.56. The molecule has 0 spiro atoms. The highest BCUT2D eigenvalue weighted by Gasteiger charge is 2.28. The van der Waals surface area contributed by atoms with Gasteiger partial charge in [-0.05, 0) is 80.3 Å². The zero-order valence-corrected chi connectivity index (χ0v) is 20.9. The van der Waals surface area contributed by atoms with Gasteiger partial charge in [0.2, 0.25) is 0 Å². The lowest BCUT2D eigenvalue weighted by Gasteiger charge is -2.25. The molecule has 1 unspecified atom stereocenters. The molecule has 2 amide bonds. The summed E-state index contributed by atoms with van der Waals surface area (Å²) in [7, 11) is 1.58. The van der Waals surface area contributed by atoms with E-state index in [9.17, 15) is 9.59 Å². The second kappa shape index (κ2) is 11.0. The van der Waals surface area contributed by atoms with Crippen molar-refractivity contribution in [3.05, 3.63) is 93.5 Å². The van der Waals surface area contributed by atoms with Crippen LogP contribution in [0.4, 0.5) is 11.4 Å². The van der Waals surface area contributed by atoms with Gasteiger partial charge in [-0.1, -0.05) is 29.8 Å². The fourth-order valence-corrected chi connectivity index (χ4v) is 4.61. The van der Waals surface area contributed by atoms with Crippen molar-refractivity contribution in [3.63, 3.8) is 0 Å². The number of amides is 2. The molecule has 3 aromatic rings. The molecular weight excluding hydrogens is 464 g/mol. The summed E-state index contributed by atoms with van der Waals surface area (Å²) in [6, 6.07) is 18.3. The maximum absolute atomic E-state index is 13.7. The Labute approximate surface area is 210 Å². The number of nitrogens with zero attached hydrogens (tertiary/aromatic N) is 1. The number of anilines is 2. The molecule has 1 aliphatic heterocycles. The van der Waals surface area contributed by atoms with E-state index in [4.69, 9.17) is 21.1 Å². The van der Waals surface area contributed by atoms with Gasteiger partial charge in [-0.25, -0.2) is 0 Å². The predicted molar refractivity (Wildman–Crippen MR) is 138 cm³/mol. The summed E-state index contributed by atoms with van der Waals surface area (Å²) < 4.78 is 11.0. The number of methoxy groups -OCH3 is 1. The first kappa shape index (κ1) is 24.9. The van der Waals surface area contributed by atoms with Crippen molar-refractivity contribution in [1.82, 2.24) is 0 Å². The number of hydrogen-bond donors (Lipinski definition) is 1. The first-order chi connectivity index (χ1) is 16.9. The third-order valence-corrected chi connectivity index (χ3v) is 6.45. The van der Waals surface area contributed by atoms with Gasteiger partial charge in [0.15, 0.2) is 0 Å². The summed E-state index contributed by atoms with van der Waals surface area (Å²) in [4.78, 5) is 28.2. The number of fused-ring (bicyclic) bond motifs is 1. The maximum atomic E-state index is 13.7. The molecule has 0 saturated carbocycles. The van der Waals surface area contributed by atoms with Crippen molar-refractivity contribution in [2.75, 3.05) is 30.7 Å².